The number of nitrogens with zero attached hydrogens (tertiary/aromatic N) is 2. The van der Waals surface area contributed by atoms with Crippen molar-refractivity contribution < 1.29 is 22.7 Å². The van der Waals surface area contributed by atoms with Crippen molar-refractivity contribution in [3.63, 3.8) is 0 Å². The van der Waals surface area contributed by atoms with E-state index in [4.69, 9.17) is 16.3 Å². The molecule has 27 heavy (non-hydrogen) atoms. The Hall–Kier alpha value is -2.06. The number of amides is 1. The molecule has 1 aromatic rings. The lowest BCUT2D eigenvalue weighted by Gasteiger charge is -2.36. The third-order valence-corrected chi connectivity index (χ3v) is 6.30. The Labute approximate surface area is 163 Å². The molecule has 1 saturated heterocycles. The molecule has 146 valence electrons. The summed E-state index contributed by atoms with van der Waals surface area (Å²) in [6.07, 6.45) is 1.46. The molecular weight excluding hydrogens is 392 g/mol. The van der Waals surface area contributed by atoms with E-state index >= 15 is 0 Å². The average Bonchev–Trinajstić information content (AvgIpc) is 2.98. The monoisotopic (exact) mass is 412 g/mol. The Morgan fingerprint density at radius 3 is 2.56 bits per heavy atom. The molecule has 0 spiro atoms. The van der Waals surface area contributed by atoms with Gasteiger partial charge in [-0.25, -0.2) is 8.42 Å². The fourth-order valence-electron chi connectivity index (χ4n) is 3.16. The summed E-state index contributed by atoms with van der Waals surface area (Å²) in [5, 5.41) is 1.79. The number of esters is 1. The van der Waals surface area contributed by atoms with E-state index in [2.05, 4.69) is 4.90 Å². The molecule has 0 bridgehead atoms. The van der Waals surface area contributed by atoms with Crippen molar-refractivity contribution in [3.05, 3.63) is 40.8 Å². The molecule has 1 fully saturated rings. The van der Waals surface area contributed by atoms with Gasteiger partial charge in [-0.2, -0.15) is 0 Å². The van der Waals surface area contributed by atoms with Crippen LogP contribution in [0.25, 0.3) is 0 Å². The summed E-state index contributed by atoms with van der Waals surface area (Å²) in [6, 6.07) is 7.57. The minimum absolute atomic E-state index is 0.0362. The largest absolute Gasteiger partial charge is 0.456 e. The maximum Gasteiger partial charge on any atom is 0.306 e. The van der Waals surface area contributed by atoms with Crippen molar-refractivity contribution >= 4 is 39.0 Å². The fourth-order valence-corrected chi connectivity index (χ4v) is 4.74. The second-order valence-electron chi connectivity index (χ2n) is 6.63. The Balaban J connectivity index is 1.40. The van der Waals surface area contributed by atoms with Crippen LogP contribution in [0.3, 0.4) is 0 Å². The number of halogens is 1. The van der Waals surface area contributed by atoms with Gasteiger partial charge in [0, 0.05) is 48.2 Å². The lowest BCUT2D eigenvalue weighted by Crippen LogP contribution is -2.49. The topological polar surface area (TPSA) is 84.0 Å². The van der Waals surface area contributed by atoms with E-state index in [0.29, 0.717) is 31.2 Å². The predicted molar refractivity (Wildman–Crippen MR) is 102 cm³/mol. The number of carbonyl (C=O) groups is 2. The number of piperazine rings is 1. The van der Waals surface area contributed by atoms with Crippen molar-refractivity contribution in [2.24, 2.45) is 5.92 Å². The smallest absolute Gasteiger partial charge is 0.306 e. The number of ether oxygens (including phenoxy) is 1. The number of benzene rings is 1. The number of carbonyl (C=O) groups excluding carboxylic acids is 2. The molecule has 0 N–H and O–H groups in total. The van der Waals surface area contributed by atoms with Gasteiger partial charge in [-0.05, 0) is 18.2 Å². The van der Waals surface area contributed by atoms with E-state index < -0.39 is 15.8 Å². The standard InChI is InChI=1S/C18H21ClN2O5S/c19-15-2-1-3-16(11-15)20-5-7-21(8-6-20)17(22)12-26-18(23)10-14-4-9-27(24,25)13-14/h1-4,9,11,14H,5-8,10,12-13H2. The van der Waals surface area contributed by atoms with Gasteiger partial charge in [-0.15, -0.1) is 0 Å². The van der Waals surface area contributed by atoms with Gasteiger partial charge in [0.25, 0.3) is 5.91 Å². The van der Waals surface area contributed by atoms with Crippen molar-refractivity contribution in [1.82, 2.24) is 4.90 Å². The quantitative estimate of drug-likeness (QED) is 0.681. The highest BCUT2D eigenvalue weighted by atomic mass is 35.5. The molecule has 1 amide bonds. The first-order chi connectivity index (χ1) is 12.8. The third-order valence-electron chi connectivity index (χ3n) is 4.60. The van der Waals surface area contributed by atoms with Gasteiger partial charge in [-0.3, -0.25) is 9.59 Å². The number of anilines is 1. The van der Waals surface area contributed by atoms with Crippen LogP contribution in [0, 0.1) is 5.92 Å². The molecule has 7 nitrogen and oxygen atoms in total. The average molecular weight is 413 g/mol. The molecule has 3 rings (SSSR count). The highest BCUT2D eigenvalue weighted by molar-refractivity contribution is 7.94. The van der Waals surface area contributed by atoms with Crippen LogP contribution in [0.1, 0.15) is 6.42 Å². The van der Waals surface area contributed by atoms with E-state index in [0.717, 1.165) is 11.1 Å². The van der Waals surface area contributed by atoms with Gasteiger partial charge in [0.2, 0.25) is 0 Å². The summed E-state index contributed by atoms with van der Waals surface area (Å²) in [4.78, 5) is 27.9. The normalized spacial score (nSPS) is 21.3. The Morgan fingerprint density at radius 1 is 1.19 bits per heavy atom. The first-order valence-electron chi connectivity index (χ1n) is 8.67. The van der Waals surface area contributed by atoms with Crippen LogP contribution in [0.5, 0.6) is 0 Å². The number of hydrogen-bond donors (Lipinski definition) is 0. The molecule has 2 aliphatic rings. The molecule has 0 aromatic heterocycles. The first-order valence-corrected chi connectivity index (χ1v) is 10.8. The number of allylic oxidation sites excluding steroid dienone is 1. The molecule has 0 radical (unpaired) electrons. The van der Waals surface area contributed by atoms with Crippen LogP contribution in [0.2, 0.25) is 5.02 Å². The highest BCUT2D eigenvalue weighted by Crippen LogP contribution is 2.21. The summed E-state index contributed by atoms with van der Waals surface area (Å²) >= 11 is 6.01. The van der Waals surface area contributed by atoms with E-state index in [1.807, 2.05) is 24.3 Å². The number of sulfone groups is 1. The van der Waals surface area contributed by atoms with Crippen LogP contribution < -0.4 is 4.90 Å². The van der Waals surface area contributed by atoms with Crippen LogP contribution in [-0.4, -0.2) is 63.7 Å². The van der Waals surface area contributed by atoms with Crippen LogP contribution in [0.15, 0.2) is 35.7 Å². The Bertz CT molecular complexity index is 847. The van der Waals surface area contributed by atoms with E-state index in [1.165, 1.54) is 6.08 Å². The Kier molecular flexibility index (Phi) is 6.06. The predicted octanol–water partition coefficient (Wildman–Crippen LogP) is 1.48. The number of hydrogen-bond acceptors (Lipinski definition) is 6. The van der Waals surface area contributed by atoms with Crippen LogP contribution >= 0.6 is 11.6 Å². The van der Waals surface area contributed by atoms with Crippen molar-refractivity contribution in [2.75, 3.05) is 43.4 Å². The summed E-state index contributed by atoms with van der Waals surface area (Å²) in [7, 11) is -3.20. The van der Waals surface area contributed by atoms with Crippen LogP contribution in [-0.2, 0) is 24.2 Å². The zero-order chi connectivity index (χ0) is 19.4. The summed E-state index contributed by atoms with van der Waals surface area (Å²) in [5.74, 6) is -1.27. The summed E-state index contributed by atoms with van der Waals surface area (Å²) in [5.41, 5.74) is 1.01. The molecule has 0 saturated carbocycles. The molecule has 0 aliphatic carbocycles. The third kappa shape index (κ3) is 5.46. The molecule has 1 unspecified atom stereocenters. The maximum atomic E-state index is 12.2. The Morgan fingerprint density at radius 2 is 1.93 bits per heavy atom. The molecule has 2 heterocycles. The molecule has 9 heteroatoms. The van der Waals surface area contributed by atoms with E-state index in [9.17, 15) is 18.0 Å². The lowest BCUT2D eigenvalue weighted by molar-refractivity contribution is -0.152. The second kappa shape index (κ2) is 8.31. The lowest BCUT2D eigenvalue weighted by atomic mass is 10.1. The molecular formula is C18H21ClN2O5S. The van der Waals surface area contributed by atoms with Crippen molar-refractivity contribution in [3.8, 4) is 0 Å². The van der Waals surface area contributed by atoms with Gasteiger partial charge in [0.05, 0.1) is 12.2 Å². The number of rotatable bonds is 5. The van der Waals surface area contributed by atoms with E-state index in [1.54, 1.807) is 4.90 Å². The first kappa shape index (κ1) is 19.7. The van der Waals surface area contributed by atoms with Gasteiger partial charge >= 0.3 is 5.97 Å². The summed E-state index contributed by atoms with van der Waals surface area (Å²) < 4.78 is 27.7. The maximum absolute atomic E-state index is 12.2. The fraction of sp³-hybridized carbons (Fsp3) is 0.444. The zero-order valence-electron chi connectivity index (χ0n) is 14.7. The van der Waals surface area contributed by atoms with Gasteiger partial charge < -0.3 is 14.5 Å². The van der Waals surface area contributed by atoms with Gasteiger partial charge in [-0.1, -0.05) is 23.7 Å². The molecule has 1 atom stereocenters. The van der Waals surface area contributed by atoms with E-state index in [-0.39, 0.29) is 30.6 Å². The minimum Gasteiger partial charge on any atom is -0.456 e. The highest BCUT2D eigenvalue weighted by Gasteiger charge is 2.26. The van der Waals surface area contributed by atoms with Crippen molar-refractivity contribution in [2.45, 2.75) is 6.42 Å². The van der Waals surface area contributed by atoms with Gasteiger partial charge in [0.15, 0.2) is 16.4 Å². The van der Waals surface area contributed by atoms with Crippen LogP contribution in [0.4, 0.5) is 5.69 Å². The molecule has 1 aromatic carbocycles. The molecule has 2 aliphatic heterocycles. The van der Waals surface area contributed by atoms with Gasteiger partial charge in [0.1, 0.15) is 0 Å². The summed E-state index contributed by atoms with van der Waals surface area (Å²) in [6.45, 7) is 2.09. The zero-order valence-corrected chi connectivity index (χ0v) is 16.3. The second-order valence-corrected chi connectivity index (χ2v) is 9.00. The van der Waals surface area contributed by atoms with Crippen molar-refractivity contribution in [1.29, 1.82) is 0 Å². The SMILES string of the molecule is O=C(CC1C=CS(=O)(=O)C1)OCC(=O)N1CCN(c2cccc(Cl)c2)CC1. The minimum atomic E-state index is -3.20.